The molecule has 19 heavy (non-hydrogen) atoms. The van der Waals surface area contributed by atoms with Crippen molar-refractivity contribution in [3.63, 3.8) is 0 Å². The smallest absolute Gasteiger partial charge is 0.267 e. The van der Waals surface area contributed by atoms with Gasteiger partial charge in [-0.1, -0.05) is 0 Å². The Balaban J connectivity index is 1.88. The maximum absolute atomic E-state index is 12.9. The van der Waals surface area contributed by atoms with E-state index in [2.05, 4.69) is 20.5 Å². The van der Waals surface area contributed by atoms with Crippen LogP contribution in [0.2, 0.25) is 0 Å². The van der Waals surface area contributed by atoms with Crippen LogP contribution in [-0.4, -0.2) is 25.7 Å². The van der Waals surface area contributed by atoms with Crippen molar-refractivity contribution in [2.24, 2.45) is 0 Å². The van der Waals surface area contributed by atoms with Crippen molar-refractivity contribution in [3.05, 3.63) is 42.0 Å². The normalized spacial score (nSPS) is 10.4. The molecule has 0 atom stereocenters. The monoisotopic (exact) mass is 265 g/mol. The Labute approximate surface area is 108 Å². The molecule has 1 N–H and O–H groups in total. The van der Waals surface area contributed by atoms with E-state index in [0.717, 1.165) is 12.3 Å². The van der Waals surface area contributed by atoms with Gasteiger partial charge in [0.05, 0.1) is 11.8 Å². The van der Waals surface area contributed by atoms with E-state index in [1.165, 1.54) is 12.5 Å². The first-order valence-corrected chi connectivity index (χ1v) is 5.60. The number of nitrogens with zero attached hydrogens (tertiary/aromatic N) is 4. The summed E-state index contributed by atoms with van der Waals surface area (Å²) in [5, 5.41) is 3.96. The van der Waals surface area contributed by atoms with E-state index in [4.69, 9.17) is 4.84 Å². The van der Waals surface area contributed by atoms with Crippen LogP contribution in [-0.2, 0) is 18.0 Å². The zero-order chi connectivity index (χ0) is 13.7. The Morgan fingerprint density at radius 3 is 3.11 bits per heavy atom. The fraction of sp³-hybridized carbons (Fsp3) is 0.273. The fourth-order valence-electron chi connectivity index (χ4n) is 1.43. The van der Waals surface area contributed by atoms with E-state index in [0.29, 0.717) is 12.4 Å². The molecule has 2 aromatic heterocycles. The third-order valence-electron chi connectivity index (χ3n) is 2.33. The third kappa shape index (κ3) is 3.32. The topological polar surface area (TPSA) is 81.9 Å². The quantitative estimate of drug-likeness (QED) is 0.804. The molecule has 0 aliphatic carbocycles. The lowest BCUT2D eigenvalue weighted by atomic mass is 10.3. The van der Waals surface area contributed by atoms with Crippen LogP contribution in [0.3, 0.4) is 0 Å². The number of aryl methyl sites for hydroxylation is 1. The van der Waals surface area contributed by atoms with E-state index in [1.807, 2.05) is 6.92 Å². The molecule has 8 heteroatoms. The summed E-state index contributed by atoms with van der Waals surface area (Å²) >= 11 is 0. The van der Waals surface area contributed by atoms with E-state index >= 15 is 0 Å². The van der Waals surface area contributed by atoms with Gasteiger partial charge < -0.3 is 0 Å². The molecule has 2 heterocycles. The number of nitrogens with one attached hydrogen (secondary N) is 1. The summed E-state index contributed by atoms with van der Waals surface area (Å²) in [6.45, 7) is 2.64. The Hall–Kier alpha value is -2.35. The summed E-state index contributed by atoms with van der Waals surface area (Å²) in [7, 11) is 0. The van der Waals surface area contributed by atoms with Crippen LogP contribution in [0.5, 0.6) is 0 Å². The van der Waals surface area contributed by atoms with Gasteiger partial charge in [-0.2, -0.15) is 5.10 Å². The summed E-state index contributed by atoms with van der Waals surface area (Å²) in [4.78, 5) is 24.1. The van der Waals surface area contributed by atoms with Crippen LogP contribution in [0.1, 0.15) is 23.1 Å². The van der Waals surface area contributed by atoms with Crippen LogP contribution >= 0.6 is 0 Å². The molecule has 0 saturated heterocycles. The Bertz CT molecular complexity index is 572. The minimum Gasteiger partial charge on any atom is -0.267 e. The maximum atomic E-state index is 12.9. The molecule has 0 bridgehead atoms. The molecule has 7 nitrogen and oxygen atoms in total. The predicted octanol–water partition coefficient (Wildman–Crippen LogP) is 0.694. The van der Waals surface area contributed by atoms with Crippen LogP contribution in [0.15, 0.2) is 24.8 Å². The zero-order valence-electron chi connectivity index (χ0n) is 10.2. The van der Waals surface area contributed by atoms with E-state index < -0.39 is 11.7 Å². The Morgan fingerprint density at radius 1 is 1.53 bits per heavy atom. The number of pyridine rings is 1. The minimum absolute atomic E-state index is 0.0718. The van der Waals surface area contributed by atoms with Gasteiger partial charge in [-0.15, -0.1) is 0 Å². The van der Waals surface area contributed by atoms with Crippen molar-refractivity contribution in [2.45, 2.75) is 20.1 Å². The number of hydrogen-bond donors (Lipinski definition) is 1. The number of hydrogen-bond acceptors (Lipinski definition) is 5. The van der Waals surface area contributed by atoms with Gasteiger partial charge in [-0.3, -0.25) is 14.6 Å². The summed E-state index contributed by atoms with van der Waals surface area (Å²) in [6, 6.07) is 1.07. The van der Waals surface area contributed by atoms with Gasteiger partial charge >= 0.3 is 0 Å². The number of carbonyl (C=O) groups excluding carboxylic acids is 1. The highest BCUT2D eigenvalue weighted by molar-refractivity contribution is 5.93. The predicted molar refractivity (Wildman–Crippen MR) is 62.1 cm³/mol. The van der Waals surface area contributed by atoms with E-state index in [9.17, 15) is 9.18 Å². The molecule has 0 aliphatic rings. The molecule has 0 aliphatic heterocycles. The molecular formula is C11H12FN5O2. The second-order valence-corrected chi connectivity index (χ2v) is 3.60. The highest BCUT2D eigenvalue weighted by Gasteiger charge is 2.08. The minimum atomic E-state index is -0.585. The van der Waals surface area contributed by atoms with Crippen molar-refractivity contribution in [3.8, 4) is 0 Å². The van der Waals surface area contributed by atoms with Crippen molar-refractivity contribution in [1.82, 2.24) is 25.2 Å². The average molecular weight is 265 g/mol. The maximum Gasteiger partial charge on any atom is 0.276 e. The first kappa shape index (κ1) is 13.1. The molecule has 100 valence electrons. The van der Waals surface area contributed by atoms with Gasteiger partial charge in [0.25, 0.3) is 5.91 Å². The summed E-state index contributed by atoms with van der Waals surface area (Å²) in [6.07, 6.45) is 3.66. The van der Waals surface area contributed by atoms with Gasteiger partial charge in [0, 0.05) is 12.7 Å². The highest BCUT2D eigenvalue weighted by Crippen LogP contribution is 2.01. The summed E-state index contributed by atoms with van der Waals surface area (Å²) in [5.74, 6) is -0.576. The lowest BCUT2D eigenvalue weighted by Crippen LogP contribution is -2.24. The molecule has 0 unspecified atom stereocenters. The first-order chi connectivity index (χ1) is 9.20. The van der Waals surface area contributed by atoms with Crippen LogP contribution < -0.4 is 5.48 Å². The largest absolute Gasteiger partial charge is 0.276 e. The number of amides is 1. The second kappa shape index (κ2) is 6.01. The van der Waals surface area contributed by atoms with Gasteiger partial charge in [0.15, 0.2) is 5.82 Å². The first-order valence-electron chi connectivity index (χ1n) is 5.60. The SMILES string of the molecule is CCn1ncnc1CONC(=O)c1cncc(F)c1. The summed E-state index contributed by atoms with van der Waals surface area (Å²) in [5.41, 5.74) is 2.27. The molecule has 0 spiro atoms. The molecule has 0 radical (unpaired) electrons. The van der Waals surface area contributed by atoms with Crippen LogP contribution in [0.25, 0.3) is 0 Å². The molecular weight excluding hydrogens is 253 g/mol. The molecule has 0 fully saturated rings. The van der Waals surface area contributed by atoms with Crippen molar-refractivity contribution >= 4 is 5.91 Å². The molecule has 2 aromatic rings. The fourth-order valence-corrected chi connectivity index (χ4v) is 1.43. The molecule has 1 amide bonds. The van der Waals surface area contributed by atoms with Crippen molar-refractivity contribution in [2.75, 3.05) is 0 Å². The highest BCUT2D eigenvalue weighted by atomic mass is 19.1. The number of rotatable bonds is 5. The lowest BCUT2D eigenvalue weighted by Gasteiger charge is -2.06. The van der Waals surface area contributed by atoms with Gasteiger partial charge in [-0.05, 0) is 13.0 Å². The average Bonchev–Trinajstić information content (AvgIpc) is 2.86. The van der Waals surface area contributed by atoms with Crippen LogP contribution in [0.4, 0.5) is 4.39 Å². The van der Waals surface area contributed by atoms with E-state index in [1.54, 1.807) is 4.68 Å². The van der Waals surface area contributed by atoms with Gasteiger partial charge in [-0.25, -0.2) is 19.5 Å². The molecule has 0 aromatic carbocycles. The second-order valence-electron chi connectivity index (χ2n) is 3.60. The number of carbonyl (C=O) groups is 1. The summed E-state index contributed by atoms with van der Waals surface area (Å²) < 4.78 is 14.5. The Kier molecular flexibility index (Phi) is 4.14. The zero-order valence-corrected chi connectivity index (χ0v) is 10.2. The molecule has 2 rings (SSSR count). The van der Waals surface area contributed by atoms with Gasteiger partial charge in [0.1, 0.15) is 18.8 Å². The number of aromatic nitrogens is 4. The molecule has 0 saturated carbocycles. The Morgan fingerprint density at radius 2 is 2.37 bits per heavy atom. The lowest BCUT2D eigenvalue weighted by molar-refractivity contribution is 0.0196. The van der Waals surface area contributed by atoms with Crippen LogP contribution in [0, 0.1) is 5.82 Å². The van der Waals surface area contributed by atoms with Crippen molar-refractivity contribution in [1.29, 1.82) is 0 Å². The van der Waals surface area contributed by atoms with Gasteiger partial charge in [0.2, 0.25) is 0 Å². The third-order valence-corrected chi connectivity index (χ3v) is 2.33. The number of halogens is 1. The van der Waals surface area contributed by atoms with Crippen molar-refractivity contribution < 1.29 is 14.0 Å². The van der Waals surface area contributed by atoms with E-state index in [-0.39, 0.29) is 12.2 Å². The standard InChI is InChI=1S/C11H12FN5O2/c1-2-17-10(14-7-15-17)6-19-16-11(18)8-3-9(12)5-13-4-8/h3-5,7H,2,6H2,1H3,(H,16,18). The number of hydroxylamine groups is 1.